The van der Waals surface area contributed by atoms with Gasteiger partial charge in [0.1, 0.15) is 0 Å². The van der Waals surface area contributed by atoms with Crippen LogP contribution in [-0.4, -0.2) is 23.0 Å². The van der Waals surface area contributed by atoms with Crippen LogP contribution < -0.4 is 5.32 Å². The fraction of sp³-hybridized carbons (Fsp3) is 0.833. The monoisotopic (exact) mass is 245 g/mol. The summed E-state index contributed by atoms with van der Waals surface area (Å²) in [5.74, 6) is 0.149. The van der Waals surface area contributed by atoms with Gasteiger partial charge in [-0.05, 0) is 6.42 Å². The van der Waals surface area contributed by atoms with Gasteiger partial charge in [0.15, 0.2) is 10.9 Å². The minimum atomic E-state index is -0.383. The third kappa shape index (κ3) is 6.28. The summed E-state index contributed by atoms with van der Waals surface area (Å²) in [7, 11) is 0. The lowest BCUT2D eigenvalue weighted by Crippen LogP contribution is -2.45. The van der Waals surface area contributed by atoms with Gasteiger partial charge in [-0.2, -0.15) is 0 Å². The number of hydrogen-bond acceptors (Lipinski definition) is 3. The van der Waals surface area contributed by atoms with Crippen molar-refractivity contribution in [2.24, 2.45) is 5.41 Å². The van der Waals surface area contributed by atoms with Gasteiger partial charge in [0.2, 0.25) is 0 Å². The first kappa shape index (κ1) is 15.7. The Morgan fingerprint density at radius 3 is 2.06 bits per heavy atom. The highest BCUT2D eigenvalue weighted by molar-refractivity contribution is 7.96. The topological polar surface area (TPSA) is 46.2 Å². The van der Waals surface area contributed by atoms with Crippen molar-refractivity contribution in [2.75, 3.05) is 0 Å². The third-order valence-electron chi connectivity index (χ3n) is 2.24. The lowest BCUT2D eigenvalue weighted by Gasteiger charge is -2.26. The molecule has 0 saturated heterocycles. The molecule has 0 heterocycles. The first-order valence-electron chi connectivity index (χ1n) is 5.66. The predicted octanol–water partition coefficient (Wildman–Crippen LogP) is 2.20. The summed E-state index contributed by atoms with van der Waals surface area (Å²) in [6, 6.07) is -0.0255. The Kier molecular flexibility index (Phi) is 6.26. The average molecular weight is 245 g/mol. The van der Waals surface area contributed by atoms with E-state index in [1.54, 1.807) is 0 Å². The lowest BCUT2D eigenvalue weighted by molar-refractivity contribution is -0.128. The Bertz CT molecular complexity index is 256. The van der Waals surface area contributed by atoms with E-state index in [1.807, 2.05) is 34.6 Å². The highest BCUT2D eigenvalue weighted by Crippen LogP contribution is 2.19. The SMILES string of the molecule is CC(C)N[C@@H](CCC(=O)S)C(=O)C(C)(C)C. The molecule has 94 valence electrons. The molecule has 0 radical (unpaired) electrons. The Labute approximate surface area is 104 Å². The van der Waals surface area contributed by atoms with E-state index in [2.05, 4.69) is 17.9 Å². The zero-order chi connectivity index (χ0) is 12.9. The van der Waals surface area contributed by atoms with Crippen molar-refractivity contribution in [3.63, 3.8) is 0 Å². The summed E-state index contributed by atoms with van der Waals surface area (Å²) in [6.07, 6.45) is 0.853. The van der Waals surface area contributed by atoms with Gasteiger partial charge in [-0.1, -0.05) is 34.6 Å². The van der Waals surface area contributed by atoms with Crippen molar-refractivity contribution in [3.05, 3.63) is 0 Å². The van der Waals surface area contributed by atoms with Crippen LogP contribution in [0.5, 0.6) is 0 Å². The smallest absolute Gasteiger partial charge is 0.185 e. The van der Waals surface area contributed by atoms with Crippen molar-refractivity contribution >= 4 is 23.5 Å². The van der Waals surface area contributed by atoms with E-state index in [9.17, 15) is 9.59 Å². The number of carbonyl (C=O) groups is 2. The lowest BCUT2D eigenvalue weighted by atomic mass is 9.84. The molecular formula is C12H23NO2S. The Balaban J connectivity index is 4.54. The normalized spacial score (nSPS) is 13.9. The van der Waals surface area contributed by atoms with Crippen molar-refractivity contribution in [1.82, 2.24) is 5.32 Å². The summed E-state index contributed by atoms with van der Waals surface area (Å²) < 4.78 is 0. The quantitative estimate of drug-likeness (QED) is 0.705. The molecule has 0 aromatic carbocycles. The van der Waals surface area contributed by atoms with E-state index in [0.29, 0.717) is 12.8 Å². The van der Waals surface area contributed by atoms with Crippen LogP contribution in [0, 0.1) is 5.41 Å². The van der Waals surface area contributed by atoms with Crippen LogP contribution in [0.15, 0.2) is 0 Å². The summed E-state index contributed by atoms with van der Waals surface area (Å²) in [5, 5.41) is 3.04. The molecule has 0 amide bonds. The second-order valence-corrected chi connectivity index (χ2v) is 5.92. The van der Waals surface area contributed by atoms with Gasteiger partial charge < -0.3 is 5.32 Å². The molecule has 4 heteroatoms. The van der Waals surface area contributed by atoms with Gasteiger partial charge in [-0.15, -0.1) is 12.6 Å². The number of ketones is 1. The van der Waals surface area contributed by atoms with E-state index in [1.165, 1.54) is 0 Å². The highest BCUT2D eigenvalue weighted by atomic mass is 32.1. The number of nitrogens with one attached hydrogen (secondary N) is 1. The molecule has 0 rings (SSSR count). The summed E-state index contributed by atoms with van der Waals surface area (Å²) >= 11 is 3.73. The Morgan fingerprint density at radius 1 is 1.25 bits per heavy atom. The van der Waals surface area contributed by atoms with Crippen molar-refractivity contribution < 1.29 is 9.59 Å². The van der Waals surface area contributed by atoms with E-state index < -0.39 is 0 Å². The minimum Gasteiger partial charge on any atom is -0.305 e. The predicted molar refractivity (Wildman–Crippen MR) is 69.7 cm³/mol. The number of Topliss-reactive ketones (excluding diaryl/α,β-unsaturated/α-hetero) is 1. The summed E-state index contributed by atoms with van der Waals surface area (Å²) in [4.78, 5) is 22.9. The first-order chi connectivity index (χ1) is 7.14. The van der Waals surface area contributed by atoms with Crippen molar-refractivity contribution in [3.8, 4) is 0 Å². The van der Waals surface area contributed by atoms with E-state index >= 15 is 0 Å². The van der Waals surface area contributed by atoms with Gasteiger partial charge in [0, 0.05) is 17.9 Å². The molecular weight excluding hydrogens is 222 g/mol. The van der Waals surface area contributed by atoms with Crippen LogP contribution in [0.25, 0.3) is 0 Å². The van der Waals surface area contributed by atoms with Crippen LogP contribution in [0.2, 0.25) is 0 Å². The molecule has 0 unspecified atom stereocenters. The van der Waals surface area contributed by atoms with Gasteiger partial charge >= 0.3 is 0 Å². The standard InChI is InChI=1S/C12H23NO2S/c1-8(2)13-9(6-7-10(14)16)11(15)12(3,4)5/h8-9,13H,6-7H2,1-5H3,(H,14,16)/t9-/m0/s1. The summed E-state index contributed by atoms with van der Waals surface area (Å²) in [6.45, 7) is 9.67. The van der Waals surface area contributed by atoms with E-state index in [-0.39, 0.29) is 28.4 Å². The van der Waals surface area contributed by atoms with Gasteiger partial charge in [-0.25, -0.2) is 0 Å². The zero-order valence-electron chi connectivity index (χ0n) is 10.8. The van der Waals surface area contributed by atoms with Gasteiger partial charge in [0.05, 0.1) is 6.04 Å². The molecule has 0 spiro atoms. The minimum absolute atomic E-state index is 0.149. The maximum atomic E-state index is 12.1. The van der Waals surface area contributed by atoms with Crippen molar-refractivity contribution in [1.29, 1.82) is 0 Å². The number of carbonyl (C=O) groups excluding carboxylic acids is 2. The molecule has 16 heavy (non-hydrogen) atoms. The number of thiol groups is 1. The number of hydrogen-bond donors (Lipinski definition) is 2. The molecule has 0 bridgehead atoms. The highest BCUT2D eigenvalue weighted by Gasteiger charge is 2.29. The molecule has 0 saturated carbocycles. The van der Waals surface area contributed by atoms with E-state index in [4.69, 9.17) is 0 Å². The first-order valence-corrected chi connectivity index (χ1v) is 6.11. The van der Waals surface area contributed by atoms with Crippen LogP contribution in [-0.2, 0) is 9.59 Å². The van der Waals surface area contributed by atoms with Crippen LogP contribution >= 0.6 is 12.6 Å². The van der Waals surface area contributed by atoms with Crippen LogP contribution in [0.4, 0.5) is 0 Å². The molecule has 3 nitrogen and oxygen atoms in total. The Hall–Kier alpha value is -0.350. The molecule has 0 aliphatic heterocycles. The summed E-state index contributed by atoms with van der Waals surface area (Å²) in [5.41, 5.74) is -0.383. The molecule has 0 aliphatic carbocycles. The fourth-order valence-corrected chi connectivity index (χ4v) is 1.61. The molecule has 0 aliphatic rings. The fourth-order valence-electron chi connectivity index (χ4n) is 1.48. The largest absolute Gasteiger partial charge is 0.305 e. The third-order valence-corrected chi connectivity index (χ3v) is 2.46. The van der Waals surface area contributed by atoms with Crippen molar-refractivity contribution in [2.45, 2.75) is 59.5 Å². The molecule has 0 aromatic heterocycles. The van der Waals surface area contributed by atoms with Crippen LogP contribution in [0.3, 0.4) is 0 Å². The maximum Gasteiger partial charge on any atom is 0.185 e. The Morgan fingerprint density at radius 2 is 1.75 bits per heavy atom. The van der Waals surface area contributed by atoms with Gasteiger partial charge in [-0.3, -0.25) is 9.59 Å². The molecule has 0 fully saturated rings. The second-order valence-electron chi connectivity index (χ2n) is 5.42. The second kappa shape index (κ2) is 6.40. The average Bonchev–Trinajstić information content (AvgIpc) is 2.08. The number of rotatable bonds is 6. The molecule has 1 N–H and O–H groups in total. The molecule has 1 atom stereocenters. The zero-order valence-corrected chi connectivity index (χ0v) is 11.7. The molecule has 0 aromatic rings. The van der Waals surface area contributed by atoms with Crippen LogP contribution in [0.1, 0.15) is 47.5 Å². The van der Waals surface area contributed by atoms with Gasteiger partial charge in [0.25, 0.3) is 0 Å². The van der Waals surface area contributed by atoms with E-state index in [0.717, 1.165) is 0 Å². The maximum absolute atomic E-state index is 12.1.